The predicted molar refractivity (Wildman–Crippen MR) is 60.6 cm³/mol. The van der Waals surface area contributed by atoms with Crippen LogP contribution in [0.1, 0.15) is 30.3 Å². The van der Waals surface area contributed by atoms with Gasteiger partial charge in [-0.15, -0.1) is 0 Å². The second kappa shape index (κ2) is 6.32. The number of methoxy groups -OCH3 is 1. The van der Waals surface area contributed by atoms with Gasteiger partial charge >= 0.3 is 5.97 Å². The highest BCUT2D eigenvalue weighted by Gasteiger charge is 2.10. The number of aromatic nitrogens is 2. The first-order chi connectivity index (χ1) is 7.67. The van der Waals surface area contributed by atoms with E-state index < -0.39 is 5.97 Å². The molecule has 1 N–H and O–H groups in total. The number of thioether (sulfide) groups is 1. The number of nitrogens with one attached hydrogen (secondary N) is 1. The Bertz CT molecular complexity index is 376. The molecule has 0 bridgehead atoms. The van der Waals surface area contributed by atoms with Crippen LogP contribution in [0, 0.1) is 0 Å². The normalized spacial score (nSPS) is 10.1. The average Bonchev–Trinajstić information content (AvgIpc) is 2.74. The third kappa shape index (κ3) is 3.69. The van der Waals surface area contributed by atoms with E-state index >= 15 is 0 Å². The average molecular weight is 242 g/mol. The van der Waals surface area contributed by atoms with E-state index in [1.807, 2.05) is 6.92 Å². The quantitative estimate of drug-likeness (QED) is 0.606. The summed E-state index contributed by atoms with van der Waals surface area (Å²) in [6, 6.07) is 0. The number of imidazole rings is 1. The van der Waals surface area contributed by atoms with Crippen LogP contribution in [0.2, 0.25) is 0 Å². The fourth-order valence-corrected chi connectivity index (χ4v) is 1.84. The largest absolute Gasteiger partial charge is 0.464 e. The minimum Gasteiger partial charge on any atom is -0.464 e. The zero-order chi connectivity index (χ0) is 12.0. The van der Waals surface area contributed by atoms with Crippen molar-refractivity contribution in [3.63, 3.8) is 0 Å². The molecule has 1 heterocycles. The molecule has 6 heteroatoms. The molecule has 0 spiro atoms. The van der Waals surface area contributed by atoms with E-state index in [4.69, 9.17) is 0 Å². The lowest BCUT2D eigenvalue weighted by Crippen LogP contribution is -2.02. The summed E-state index contributed by atoms with van der Waals surface area (Å²) < 4.78 is 4.53. The van der Waals surface area contributed by atoms with E-state index in [2.05, 4.69) is 14.7 Å². The van der Waals surface area contributed by atoms with Crippen molar-refractivity contribution in [1.82, 2.24) is 9.97 Å². The van der Waals surface area contributed by atoms with Crippen LogP contribution < -0.4 is 0 Å². The van der Waals surface area contributed by atoms with Gasteiger partial charge in [0.05, 0.1) is 19.1 Å². The van der Waals surface area contributed by atoms with E-state index in [9.17, 15) is 9.59 Å². The maximum atomic E-state index is 11.3. The van der Waals surface area contributed by atoms with Crippen molar-refractivity contribution in [2.45, 2.75) is 24.9 Å². The molecule has 0 aliphatic rings. The van der Waals surface area contributed by atoms with Crippen molar-refractivity contribution in [3.8, 4) is 0 Å². The Morgan fingerprint density at radius 3 is 2.94 bits per heavy atom. The van der Waals surface area contributed by atoms with Gasteiger partial charge in [0.2, 0.25) is 0 Å². The predicted octanol–water partition coefficient (Wildman–Crippen LogP) is 1.66. The molecule has 1 aromatic heterocycles. The van der Waals surface area contributed by atoms with E-state index in [1.54, 1.807) is 0 Å². The molecule has 88 valence electrons. The number of hydrogen-bond donors (Lipinski definition) is 1. The molecule has 1 aromatic rings. The number of rotatable bonds is 6. The number of carbonyl (C=O) groups excluding carboxylic acids is 2. The van der Waals surface area contributed by atoms with Crippen LogP contribution in [0.25, 0.3) is 0 Å². The molecule has 0 aliphatic carbocycles. The van der Waals surface area contributed by atoms with Crippen molar-refractivity contribution in [2.24, 2.45) is 0 Å². The van der Waals surface area contributed by atoms with Gasteiger partial charge in [-0.25, -0.2) is 9.78 Å². The first-order valence-electron chi connectivity index (χ1n) is 4.95. The van der Waals surface area contributed by atoms with Crippen LogP contribution in [0.3, 0.4) is 0 Å². The third-order valence-electron chi connectivity index (χ3n) is 1.86. The Labute approximate surface area is 98.0 Å². The van der Waals surface area contributed by atoms with Gasteiger partial charge in [0.25, 0.3) is 0 Å². The smallest absolute Gasteiger partial charge is 0.356 e. The Balaban J connectivity index is 2.46. The molecule has 5 nitrogen and oxygen atoms in total. The number of carbonyl (C=O) groups is 2. The molecule has 0 radical (unpaired) electrons. The van der Waals surface area contributed by atoms with Crippen LogP contribution in [0.5, 0.6) is 0 Å². The summed E-state index contributed by atoms with van der Waals surface area (Å²) in [5.41, 5.74) is 0.299. The summed E-state index contributed by atoms with van der Waals surface area (Å²) in [5, 5.41) is 0.560. The SMILES string of the molecule is CCCC(=O)CSc1ncc(C(=O)OC)[nH]1. The molecule has 0 unspecified atom stereocenters. The van der Waals surface area contributed by atoms with Gasteiger partial charge in [-0.1, -0.05) is 18.7 Å². The van der Waals surface area contributed by atoms with Gasteiger partial charge in [0.15, 0.2) is 5.16 Å². The molecule has 1 rings (SSSR count). The number of aromatic amines is 1. The lowest BCUT2D eigenvalue weighted by Gasteiger charge is -1.96. The first kappa shape index (κ1) is 12.8. The molecule has 0 aliphatic heterocycles. The zero-order valence-electron chi connectivity index (χ0n) is 9.28. The van der Waals surface area contributed by atoms with Crippen LogP contribution in [0.15, 0.2) is 11.4 Å². The summed E-state index contributed by atoms with van der Waals surface area (Å²) in [7, 11) is 1.31. The molecule has 0 atom stereocenters. The van der Waals surface area contributed by atoms with E-state index in [0.29, 0.717) is 23.0 Å². The van der Waals surface area contributed by atoms with Crippen molar-refractivity contribution in [2.75, 3.05) is 12.9 Å². The monoisotopic (exact) mass is 242 g/mol. The highest BCUT2D eigenvalue weighted by atomic mass is 32.2. The number of Topliss-reactive ketones (excluding diaryl/α,β-unsaturated/α-hetero) is 1. The molecular formula is C10H14N2O3S. The molecular weight excluding hydrogens is 228 g/mol. The Morgan fingerprint density at radius 1 is 1.56 bits per heavy atom. The molecule has 16 heavy (non-hydrogen) atoms. The summed E-state index contributed by atoms with van der Waals surface area (Å²) in [6.45, 7) is 1.96. The van der Waals surface area contributed by atoms with Crippen LogP contribution in [0.4, 0.5) is 0 Å². The van der Waals surface area contributed by atoms with Crippen LogP contribution >= 0.6 is 11.8 Å². The Morgan fingerprint density at radius 2 is 2.31 bits per heavy atom. The highest BCUT2D eigenvalue weighted by molar-refractivity contribution is 7.99. The van der Waals surface area contributed by atoms with E-state index in [0.717, 1.165) is 6.42 Å². The number of ether oxygens (including phenoxy) is 1. The molecule has 0 aromatic carbocycles. The number of H-pyrrole nitrogens is 1. The van der Waals surface area contributed by atoms with Gasteiger partial charge in [-0.05, 0) is 6.42 Å². The number of nitrogens with zero attached hydrogens (tertiary/aromatic N) is 1. The zero-order valence-corrected chi connectivity index (χ0v) is 10.1. The van der Waals surface area contributed by atoms with Crippen molar-refractivity contribution in [3.05, 3.63) is 11.9 Å². The lowest BCUT2D eigenvalue weighted by molar-refractivity contribution is -0.116. The maximum Gasteiger partial charge on any atom is 0.356 e. The molecule has 0 saturated heterocycles. The standard InChI is InChI=1S/C10H14N2O3S/c1-3-4-7(13)6-16-10-11-5-8(12-10)9(14)15-2/h5H,3-4,6H2,1-2H3,(H,11,12). The van der Waals surface area contributed by atoms with Gasteiger partial charge in [-0.3, -0.25) is 4.79 Å². The van der Waals surface area contributed by atoms with Gasteiger partial charge < -0.3 is 9.72 Å². The fraction of sp³-hybridized carbons (Fsp3) is 0.500. The first-order valence-corrected chi connectivity index (χ1v) is 5.93. The minimum atomic E-state index is -0.459. The summed E-state index contributed by atoms with van der Waals surface area (Å²) in [4.78, 5) is 29.1. The van der Waals surface area contributed by atoms with Crippen molar-refractivity contribution in [1.29, 1.82) is 0 Å². The van der Waals surface area contributed by atoms with Crippen molar-refractivity contribution >= 4 is 23.5 Å². The topological polar surface area (TPSA) is 72.1 Å². The molecule has 0 amide bonds. The third-order valence-corrected chi connectivity index (χ3v) is 2.80. The Kier molecular flexibility index (Phi) is 5.04. The maximum absolute atomic E-state index is 11.3. The number of ketones is 1. The van der Waals surface area contributed by atoms with Crippen LogP contribution in [-0.2, 0) is 9.53 Å². The highest BCUT2D eigenvalue weighted by Crippen LogP contribution is 2.14. The van der Waals surface area contributed by atoms with Gasteiger partial charge in [0.1, 0.15) is 11.5 Å². The number of hydrogen-bond acceptors (Lipinski definition) is 5. The van der Waals surface area contributed by atoms with Gasteiger partial charge in [0, 0.05) is 6.42 Å². The lowest BCUT2D eigenvalue weighted by atomic mass is 10.3. The second-order valence-corrected chi connectivity index (χ2v) is 4.14. The minimum absolute atomic E-state index is 0.184. The van der Waals surface area contributed by atoms with Crippen LogP contribution in [-0.4, -0.2) is 34.6 Å². The molecule has 0 saturated carbocycles. The summed E-state index contributed by atoms with van der Waals surface area (Å²) in [5.74, 6) is 0.102. The summed E-state index contributed by atoms with van der Waals surface area (Å²) in [6.07, 6.45) is 2.83. The molecule has 0 fully saturated rings. The second-order valence-electron chi connectivity index (χ2n) is 3.17. The van der Waals surface area contributed by atoms with E-state index in [1.165, 1.54) is 25.1 Å². The Hall–Kier alpha value is -1.30. The summed E-state index contributed by atoms with van der Waals surface area (Å²) >= 11 is 1.29. The van der Waals surface area contributed by atoms with Gasteiger partial charge in [-0.2, -0.15) is 0 Å². The fourth-order valence-electron chi connectivity index (χ4n) is 1.09. The number of esters is 1. The van der Waals surface area contributed by atoms with E-state index in [-0.39, 0.29) is 5.78 Å². The van der Waals surface area contributed by atoms with Crippen molar-refractivity contribution < 1.29 is 14.3 Å².